The van der Waals surface area contributed by atoms with Gasteiger partial charge in [-0.1, -0.05) is 24.3 Å². The molecule has 175 valence electrons. The summed E-state index contributed by atoms with van der Waals surface area (Å²) in [4.78, 5) is 22.7. The average molecular weight is 546 g/mol. The van der Waals surface area contributed by atoms with E-state index >= 15 is 0 Å². The summed E-state index contributed by atoms with van der Waals surface area (Å²) in [6, 6.07) is 0. The van der Waals surface area contributed by atoms with Crippen molar-refractivity contribution in [2.45, 2.75) is 9.16 Å². The second-order valence-electron chi connectivity index (χ2n) is 5.98. The van der Waals surface area contributed by atoms with Gasteiger partial charge < -0.3 is 10.6 Å². The molecule has 9 heteroatoms. The number of carbonyl (C=O) groups is 2. The normalized spacial score (nSPS) is 17.2. The summed E-state index contributed by atoms with van der Waals surface area (Å²) in [5.74, 6) is 0.129. The van der Waals surface area contributed by atoms with Crippen LogP contribution in [0.1, 0.15) is 0 Å². The fourth-order valence-corrected chi connectivity index (χ4v) is 4.85. The van der Waals surface area contributed by atoms with Crippen molar-refractivity contribution in [2.75, 3.05) is 38.1 Å². The molecule has 0 bridgehead atoms. The van der Waals surface area contributed by atoms with Crippen LogP contribution in [0.15, 0.2) is 72.2 Å². The molecule has 0 atom stereocenters. The molecule has 2 N–H and O–H groups in total. The smallest absolute Gasteiger partial charge is 0.187 e. The Hall–Kier alpha value is -0.701. The van der Waals surface area contributed by atoms with Crippen molar-refractivity contribution < 1.29 is 26.7 Å². The average Bonchev–Trinajstić information content (AvgIpc) is 2.77. The maximum atomic E-state index is 11.4. The second-order valence-corrected chi connectivity index (χ2v) is 10.7. The van der Waals surface area contributed by atoms with Gasteiger partial charge in [0.25, 0.3) is 0 Å². The van der Waals surface area contributed by atoms with Crippen LogP contribution in [0.5, 0.6) is 0 Å². The van der Waals surface area contributed by atoms with Crippen LogP contribution in [-0.4, -0.2) is 58.8 Å². The van der Waals surface area contributed by atoms with Gasteiger partial charge in [0, 0.05) is 53.7 Å². The van der Waals surface area contributed by atoms with Crippen LogP contribution in [0, 0.1) is 0 Å². The Labute approximate surface area is 214 Å². The molecule has 0 saturated heterocycles. The van der Waals surface area contributed by atoms with Gasteiger partial charge >= 0.3 is 0 Å². The quantitative estimate of drug-likeness (QED) is 0.238. The molecule has 0 aromatic rings. The van der Waals surface area contributed by atoms with Crippen LogP contribution >= 0.6 is 47.0 Å². The van der Waals surface area contributed by atoms with Gasteiger partial charge in [-0.05, 0) is 49.3 Å². The first-order chi connectivity index (χ1) is 14.5. The molecule has 0 aromatic carbocycles. The first kappa shape index (κ1) is 30.3. The summed E-state index contributed by atoms with van der Waals surface area (Å²) in [5, 5.41) is 6.36. The van der Waals surface area contributed by atoms with Gasteiger partial charge in [0.2, 0.25) is 0 Å². The second kappa shape index (κ2) is 18.8. The van der Waals surface area contributed by atoms with Gasteiger partial charge in [0.05, 0.1) is 9.16 Å². The van der Waals surface area contributed by atoms with Gasteiger partial charge in [-0.25, -0.2) is 0 Å². The van der Waals surface area contributed by atoms with Crippen LogP contribution in [-0.2, 0) is 26.7 Å². The Kier molecular flexibility index (Phi) is 18.4. The number of ketones is 2. The summed E-state index contributed by atoms with van der Waals surface area (Å²) >= 11 is 7.25. The van der Waals surface area contributed by atoms with E-state index in [4.69, 9.17) is 0 Å². The third kappa shape index (κ3) is 12.8. The molecule has 0 spiro atoms. The Bertz CT molecular complexity index is 676. The summed E-state index contributed by atoms with van der Waals surface area (Å²) in [7, 11) is 0. The van der Waals surface area contributed by atoms with Crippen LogP contribution in [0.25, 0.3) is 0 Å². The van der Waals surface area contributed by atoms with E-state index in [2.05, 4.69) is 35.7 Å². The molecular weight excluding hydrogens is 516 g/mol. The zero-order valence-corrected chi connectivity index (χ0v) is 22.3. The van der Waals surface area contributed by atoms with Crippen molar-refractivity contribution in [1.82, 2.24) is 10.6 Å². The number of allylic oxidation sites excluding steroid dienone is 10. The zero-order valence-electron chi connectivity index (χ0n) is 18.1. The van der Waals surface area contributed by atoms with E-state index in [1.165, 1.54) is 0 Å². The van der Waals surface area contributed by atoms with Crippen LogP contribution in [0.2, 0.25) is 0 Å². The molecule has 1 radical (unpaired) electrons. The summed E-state index contributed by atoms with van der Waals surface area (Å²) in [6.07, 6.45) is 26.0. The Morgan fingerprint density at radius 1 is 0.677 bits per heavy atom. The van der Waals surface area contributed by atoms with Crippen molar-refractivity contribution in [3.05, 3.63) is 72.2 Å². The minimum absolute atomic E-state index is 0. The molecule has 4 nitrogen and oxygen atoms in total. The van der Waals surface area contributed by atoms with E-state index in [1.807, 2.05) is 71.4 Å². The molecule has 31 heavy (non-hydrogen) atoms. The van der Waals surface area contributed by atoms with Gasteiger partial charge in [-0.2, -0.15) is 0 Å². The van der Waals surface area contributed by atoms with Gasteiger partial charge in [0.15, 0.2) is 11.6 Å². The number of carbonyl (C=O) groups excluding carboxylic acids is 2. The molecule has 0 aliphatic heterocycles. The number of rotatable bonds is 10. The Balaban J connectivity index is 0.000000562. The molecule has 0 fully saturated rings. The fourth-order valence-electron chi connectivity index (χ4n) is 2.26. The maximum Gasteiger partial charge on any atom is 0.187 e. The molecule has 2 aliphatic rings. The largest absolute Gasteiger partial charge is 0.388 e. The Morgan fingerprint density at radius 3 is 1.29 bits per heavy atom. The van der Waals surface area contributed by atoms with Crippen molar-refractivity contribution in [1.29, 1.82) is 0 Å². The van der Waals surface area contributed by atoms with Crippen molar-refractivity contribution >= 4 is 58.6 Å². The maximum absolute atomic E-state index is 11.4. The Morgan fingerprint density at radius 2 is 1.00 bits per heavy atom. The summed E-state index contributed by atoms with van der Waals surface area (Å²) < 4.78 is 1.06. The van der Waals surface area contributed by atoms with E-state index in [-0.39, 0.29) is 28.6 Å². The van der Waals surface area contributed by atoms with Crippen LogP contribution < -0.4 is 10.6 Å². The fraction of sp³-hybridized carbons (Fsp3) is 0.364. The molecule has 0 saturated carbocycles. The molecule has 2 rings (SSSR count). The summed E-state index contributed by atoms with van der Waals surface area (Å²) in [6.45, 7) is 1.74. The van der Waals surface area contributed by atoms with Crippen molar-refractivity contribution in [3.8, 4) is 0 Å². The van der Waals surface area contributed by atoms with Gasteiger partial charge in [-0.3, -0.25) is 9.59 Å². The SMILES string of the molecule is CSC(CN/C=C1/C=CC=CC1=O)SC.CSC(CN/C=C1/C=CC=CC1=O)SC.[Cu]. The topological polar surface area (TPSA) is 58.2 Å². The minimum Gasteiger partial charge on any atom is -0.388 e. The van der Waals surface area contributed by atoms with E-state index in [9.17, 15) is 9.59 Å². The number of nitrogens with one attached hydrogen (secondary N) is 2. The molecule has 0 unspecified atom stereocenters. The monoisotopic (exact) mass is 545 g/mol. The van der Waals surface area contributed by atoms with Crippen molar-refractivity contribution in [2.24, 2.45) is 0 Å². The zero-order chi connectivity index (χ0) is 22.2. The van der Waals surface area contributed by atoms with Crippen LogP contribution in [0.3, 0.4) is 0 Å². The minimum atomic E-state index is 0. The molecule has 2 aliphatic carbocycles. The molecule has 0 aromatic heterocycles. The van der Waals surface area contributed by atoms with Crippen LogP contribution in [0.4, 0.5) is 0 Å². The summed E-state index contributed by atoms with van der Waals surface area (Å²) in [5.41, 5.74) is 1.44. The third-order valence-corrected chi connectivity index (χ3v) is 9.05. The number of thioether (sulfide) groups is 4. The van der Waals surface area contributed by atoms with E-state index in [0.29, 0.717) is 9.16 Å². The first-order valence-electron chi connectivity index (χ1n) is 9.32. The standard InChI is InChI=1S/2C11H15NOS2.Cu/c2*1-14-11(15-2)8-12-7-9-5-3-4-6-10(9)13;/h2*3-7,11-12H,8H2,1-2H3;/b2*9-7-;. The van der Waals surface area contributed by atoms with Gasteiger partial charge in [-0.15, -0.1) is 47.0 Å². The number of hydrogen-bond donors (Lipinski definition) is 2. The first-order valence-corrected chi connectivity index (χ1v) is 14.5. The van der Waals surface area contributed by atoms with E-state index < -0.39 is 0 Å². The molecule has 0 amide bonds. The van der Waals surface area contributed by atoms with Crippen molar-refractivity contribution in [3.63, 3.8) is 0 Å². The van der Waals surface area contributed by atoms with E-state index in [0.717, 1.165) is 24.2 Å². The third-order valence-electron chi connectivity index (χ3n) is 3.97. The number of hydrogen-bond acceptors (Lipinski definition) is 8. The van der Waals surface area contributed by atoms with Gasteiger partial charge in [0.1, 0.15) is 0 Å². The predicted octanol–water partition coefficient (Wildman–Crippen LogP) is 4.41. The van der Waals surface area contributed by atoms with E-state index in [1.54, 1.807) is 36.7 Å². The predicted molar refractivity (Wildman–Crippen MR) is 140 cm³/mol. The molecule has 0 heterocycles. The molecular formula is C22H30CuN2O2S4.